The van der Waals surface area contributed by atoms with Gasteiger partial charge in [0, 0.05) is 4.47 Å². The highest BCUT2D eigenvalue weighted by molar-refractivity contribution is 9.10. The van der Waals surface area contributed by atoms with Gasteiger partial charge in [0.15, 0.2) is 0 Å². The highest BCUT2D eigenvalue weighted by Gasteiger charge is 2.34. The van der Waals surface area contributed by atoms with E-state index >= 15 is 0 Å². The summed E-state index contributed by atoms with van der Waals surface area (Å²) in [5.41, 5.74) is 2.03. The van der Waals surface area contributed by atoms with Crippen molar-refractivity contribution in [3.05, 3.63) is 56.4 Å². The fourth-order valence-corrected chi connectivity index (χ4v) is 2.68. The smallest absolute Gasteiger partial charge is 0.417 e. The van der Waals surface area contributed by atoms with Crippen LogP contribution in [0.25, 0.3) is 0 Å². The predicted molar refractivity (Wildman–Crippen MR) is 74.7 cm³/mol. The first kappa shape index (κ1) is 15.6. The van der Waals surface area contributed by atoms with Gasteiger partial charge in [0.2, 0.25) is 0 Å². The zero-order chi connectivity index (χ0) is 14.9. The molecule has 2 aromatic rings. The van der Waals surface area contributed by atoms with Gasteiger partial charge in [-0.2, -0.15) is 13.2 Å². The molecule has 108 valence electrons. The van der Waals surface area contributed by atoms with E-state index in [1.54, 1.807) is 12.1 Å². The first-order valence-electron chi connectivity index (χ1n) is 5.40. The van der Waals surface area contributed by atoms with Crippen LogP contribution in [0.3, 0.4) is 0 Å². The van der Waals surface area contributed by atoms with Crippen molar-refractivity contribution >= 4 is 31.9 Å². The van der Waals surface area contributed by atoms with E-state index in [0.717, 1.165) is 6.07 Å². The third kappa shape index (κ3) is 3.08. The Morgan fingerprint density at radius 2 is 1.85 bits per heavy atom. The van der Waals surface area contributed by atoms with E-state index < -0.39 is 17.8 Å². The molecule has 0 aliphatic rings. The summed E-state index contributed by atoms with van der Waals surface area (Å²) in [6.07, 6.45) is -3.03. The third-order valence-corrected chi connectivity index (χ3v) is 4.05. The molecule has 1 aromatic heterocycles. The molecule has 20 heavy (non-hydrogen) atoms. The van der Waals surface area contributed by atoms with Crippen LogP contribution in [-0.2, 0) is 6.18 Å². The maximum Gasteiger partial charge on any atom is 0.417 e. The average Bonchev–Trinajstić information content (AvgIpc) is 2.77. The molecule has 8 heteroatoms. The molecule has 0 aliphatic heterocycles. The minimum absolute atomic E-state index is 0.0250. The monoisotopic (exact) mass is 412 g/mol. The lowest BCUT2D eigenvalue weighted by Crippen LogP contribution is -2.29. The van der Waals surface area contributed by atoms with Crippen molar-refractivity contribution < 1.29 is 17.6 Å². The molecule has 1 atom stereocenters. The van der Waals surface area contributed by atoms with Crippen molar-refractivity contribution in [2.45, 2.75) is 12.2 Å². The number of hydrazine groups is 1. The van der Waals surface area contributed by atoms with E-state index in [-0.39, 0.29) is 4.47 Å². The largest absolute Gasteiger partial charge is 0.466 e. The van der Waals surface area contributed by atoms with Crippen molar-refractivity contribution in [3.8, 4) is 0 Å². The minimum atomic E-state index is -4.45. The summed E-state index contributed by atoms with van der Waals surface area (Å²) in [7, 11) is 0. The van der Waals surface area contributed by atoms with Crippen molar-refractivity contribution in [1.29, 1.82) is 0 Å². The Hall–Kier alpha value is -0.830. The van der Waals surface area contributed by atoms with Gasteiger partial charge >= 0.3 is 6.18 Å². The van der Waals surface area contributed by atoms with E-state index in [2.05, 4.69) is 37.3 Å². The molecule has 0 saturated heterocycles. The van der Waals surface area contributed by atoms with Gasteiger partial charge in [0.05, 0.1) is 16.3 Å². The highest BCUT2D eigenvalue weighted by atomic mass is 79.9. The van der Waals surface area contributed by atoms with E-state index in [0.29, 0.717) is 15.8 Å². The Morgan fingerprint density at radius 1 is 1.15 bits per heavy atom. The van der Waals surface area contributed by atoms with Gasteiger partial charge in [-0.15, -0.1) is 0 Å². The van der Waals surface area contributed by atoms with Crippen LogP contribution in [0.15, 0.2) is 43.9 Å². The molecule has 1 unspecified atom stereocenters. The Kier molecular flexibility index (Phi) is 4.58. The number of benzene rings is 1. The second-order valence-corrected chi connectivity index (χ2v) is 5.68. The number of alkyl halides is 3. The molecule has 0 aliphatic carbocycles. The van der Waals surface area contributed by atoms with Crippen molar-refractivity contribution in [3.63, 3.8) is 0 Å². The van der Waals surface area contributed by atoms with Gasteiger partial charge in [-0.1, -0.05) is 22.0 Å². The molecule has 0 bridgehead atoms. The maximum absolute atomic E-state index is 12.9. The van der Waals surface area contributed by atoms with Crippen molar-refractivity contribution in [1.82, 2.24) is 5.43 Å². The summed E-state index contributed by atoms with van der Waals surface area (Å²) in [6.45, 7) is 0. The highest BCUT2D eigenvalue weighted by Crippen LogP contribution is 2.38. The summed E-state index contributed by atoms with van der Waals surface area (Å²) in [5, 5.41) is 0. The number of nitrogens with two attached hydrogens (primary N) is 1. The summed E-state index contributed by atoms with van der Waals surface area (Å²) in [5.74, 6) is 5.84. The second kappa shape index (κ2) is 5.88. The van der Waals surface area contributed by atoms with Gasteiger partial charge in [0.25, 0.3) is 0 Å². The van der Waals surface area contributed by atoms with Crippen LogP contribution in [0, 0.1) is 0 Å². The summed E-state index contributed by atoms with van der Waals surface area (Å²) < 4.78 is 44.6. The minimum Gasteiger partial charge on any atom is -0.466 e. The van der Waals surface area contributed by atoms with Crippen LogP contribution in [0.4, 0.5) is 13.2 Å². The predicted octanol–water partition coefficient (Wildman–Crippen LogP) is 4.38. The number of nitrogens with one attached hydrogen (secondary N) is 1. The topological polar surface area (TPSA) is 51.2 Å². The maximum atomic E-state index is 12.9. The summed E-state index contributed by atoms with van der Waals surface area (Å²) >= 11 is 6.15. The first-order valence-corrected chi connectivity index (χ1v) is 6.99. The number of halogens is 5. The van der Waals surface area contributed by atoms with Crippen molar-refractivity contribution in [2.24, 2.45) is 5.84 Å². The van der Waals surface area contributed by atoms with Gasteiger partial charge in [0.1, 0.15) is 11.8 Å². The SMILES string of the molecule is NNC(c1ccc(Br)c(C(F)(F)F)c1)c1occc1Br. The molecule has 1 aromatic carbocycles. The molecule has 3 N–H and O–H groups in total. The number of hydrogen-bond acceptors (Lipinski definition) is 3. The van der Waals surface area contributed by atoms with Crippen molar-refractivity contribution in [2.75, 3.05) is 0 Å². The van der Waals surface area contributed by atoms with Gasteiger partial charge in [-0.3, -0.25) is 5.84 Å². The molecular weight excluding hydrogens is 405 g/mol. The number of furan rings is 1. The zero-order valence-electron chi connectivity index (χ0n) is 9.84. The molecule has 3 nitrogen and oxygen atoms in total. The van der Waals surface area contributed by atoms with Gasteiger partial charge in [-0.05, 0) is 39.7 Å². The number of hydrogen-bond donors (Lipinski definition) is 2. The van der Waals surface area contributed by atoms with Crippen LogP contribution in [-0.4, -0.2) is 0 Å². The molecule has 0 saturated carbocycles. The van der Waals surface area contributed by atoms with Crippen LogP contribution in [0.5, 0.6) is 0 Å². The van der Waals surface area contributed by atoms with E-state index in [4.69, 9.17) is 10.3 Å². The third-order valence-electron chi connectivity index (χ3n) is 2.70. The second-order valence-electron chi connectivity index (χ2n) is 3.97. The quantitative estimate of drug-likeness (QED) is 0.580. The van der Waals surface area contributed by atoms with Crippen LogP contribution in [0.2, 0.25) is 0 Å². The van der Waals surface area contributed by atoms with Gasteiger partial charge in [-0.25, -0.2) is 5.43 Å². The lowest BCUT2D eigenvalue weighted by Gasteiger charge is -2.17. The normalized spacial score (nSPS) is 13.5. The molecule has 0 radical (unpaired) electrons. The Balaban J connectivity index is 2.49. The standard InChI is InChI=1S/C12H9Br2F3N2O/c13-8-2-1-6(5-7(8)12(15,16)17)10(19-18)11-9(14)3-4-20-11/h1-5,10,19H,18H2. The lowest BCUT2D eigenvalue weighted by molar-refractivity contribution is -0.138. The summed E-state index contributed by atoms with van der Waals surface area (Å²) in [4.78, 5) is 0. The van der Waals surface area contributed by atoms with E-state index in [1.165, 1.54) is 12.3 Å². The van der Waals surface area contributed by atoms with Crippen LogP contribution in [0.1, 0.15) is 22.9 Å². The zero-order valence-corrected chi connectivity index (χ0v) is 13.0. The Morgan fingerprint density at radius 3 is 2.35 bits per heavy atom. The molecule has 0 fully saturated rings. The molecule has 0 amide bonds. The molecular formula is C12H9Br2F3N2O. The fraction of sp³-hybridized carbons (Fsp3) is 0.167. The van der Waals surface area contributed by atoms with E-state index in [9.17, 15) is 13.2 Å². The average molecular weight is 414 g/mol. The van der Waals surface area contributed by atoms with Gasteiger partial charge < -0.3 is 4.42 Å². The molecule has 2 rings (SSSR count). The Bertz CT molecular complexity index is 613. The molecule has 1 heterocycles. The van der Waals surface area contributed by atoms with Crippen LogP contribution >= 0.6 is 31.9 Å². The molecule has 0 spiro atoms. The van der Waals surface area contributed by atoms with Crippen LogP contribution < -0.4 is 11.3 Å². The Labute approximate surface area is 129 Å². The number of rotatable bonds is 3. The summed E-state index contributed by atoms with van der Waals surface area (Å²) in [6, 6.07) is 4.86. The fourth-order valence-electron chi connectivity index (χ4n) is 1.77. The van der Waals surface area contributed by atoms with E-state index in [1.807, 2.05) is 0 Å². The first-order chi connectivity index (χ1) is 9.34. The lowest BCUT2D eigenvalue weighted by atomic mass is 10.0.